The van der Waals surface area contributed by atoms with Gasteiger partial charge in [-0.25, -0.2) is 17.9 Å². The molecule has 0 saturated heterocycles. The number of hydrogen-bond acceptors (Lipinski definition) is 3. The maximum absolute atomic E-state index is 11.8. The molecular formula is C14H23N3O3S. The summed E-state index contributed by atoms with van der Waals surface area (Å²) in [7, 11) is -1.86. The van der Waals surface area contributed by atoms with E-state index in [2.05, 4.69) is 10.0 Å². The lowest BCUT2D eigenvalue weighted by Crippen LogP contribution is -2.39. The highest BCUT2D eigenvalue weighted by Crippen LogP contribution is 2.07. The summed E-state index contributed by atoms with van der Waals surface area (Å²) in [6.45, 7) is 5.63. The van der Waals surface area contributed by atoms with Crippen LogP contribution in [0.15, 0.2) is 24.3 Å². The third-order valence-electron chi connectivity index (χ3n) is 3.19. The summed E-state index contributed by atoms with van der Waals surface area (Å²) >= 11 is 0. The monoisotopic (exact) mass is 313 g/mol. The molecule has 0 heterocycles. The second kappa shape index (κ2) is 7.99. The van der Waals surface area contributed by atoms with E-state index in [0.29, 0.717) is 25.2 Å². The van der Waals surface area contributed by atoms with Crippen LogP contribution < -0.4 is 10.0 Å². The van der Waals surface area contributed by atoms with Crippen molar-refractivity contribution in [2.75, 3.05) is 20.1 Å². The van der Waals surface area contributed by atoms with Crippen molar-refractivity contribution in [2.45, 2.75) is 26.1 Å². The van der Waals surface area contributed by atoms with E-state index in [1.54, 1.807) is 17.0 Å². The Morgan fingerprint density at radius 2 is 1.62 bits per heavy atom. The van der Waals surface area contributed by atoms with Crippen molar-refractivity contribution in [3.05, 3.63) is 35.4 Å². The topological polar surface area (TPSA) is 78.5 Å². The van der Waals surface area contributed by atoms with Crippen LogP contribution in [0.2, 0.25) is 0 Å². The summed E-state index contributed by atoms with van der Waals surface area (Å²) in [6.07, 6.45) is 0. The number of nitrogens with one attached hydrogen (secondary N) is 2. The molecule has 0 unspecified atom stereocenters. The Morgan fingerprint density at radius 3 is 2.10 bits per heavy atom. The van der Waals surface area contributed by atoms with Gasteiger partial charge in [-0.05, 0) is 32.0 Å². The number of rotatable bonds is 7. The smallest absolute Gasteiger partial charge is 0.317 e. The maximum Gasteiger partial charge on any atom is 0.317 e. The molecule has 118 valence electrons. The molecule has 6 nitrogen and oxygen atoms in total. The van der Waals surface area contributed by atoms with Crippen molar-refractivity contribution < 1.29 is 13.2 Å². The molecule has 21 heavy (non-hydrogen) atoms. The fourth-order valence-electron chi connectivity index (χ4n) is 1.85. The van der Waals surface area contributed by atoms with Gasteiger partial charge >= 0.3 is 6.03 Å². The van der Waals surface area contributed by atoms with Crippen LogP contribution in [0.1, 0.15) is 25.0 Å². The number of sulfonamides is 1. The van der Waals surface area contributed by atoms with Gasteiger partial charge in [0.15, 0.2) is 0 Å². The van der Waals surface area contributed by atoms with E-state index >= 15 is 0 Å². The summed E-state index contributed by atoms with van der Waals surface area (Å²) < 4.78 is 25.2. The van der Waals surface area contributed by atoms with Gasteiger partial charge in [-0.3, -0.25) is 0 Å². The minimum Gasteiger partial charge on any atom is -0.334 e. The second-order valence-electron chi connectivity index (χ2n) is 4.61. The molecule has 2 N–H and O–H groups in total. The molecule has 0 aliphatic rings. The summed E-state index contributed by atoms with van der Waals surface area (Å²) in [4.78, 5) is 13.5. The number of carbonyl (C=O) groups is 1. The first kappa shape index (κ1) is 17.5. The lowest BCUT2D eigenvalue weighted by molar-refractivity contribution is 0.203. The van der Waals surface area contributed by atoms with Crippen molar-refractivity contribution in [1.82, 2.24) is 14.9 Å². The molecule has 0 radical (unpaired) electrons. The zero-order valence-electron chi connectivity index (χ0n) is 12.7. The molecule has 1 aromatic rings. The van der Waals surface area contributed by atoms with E-state index < -0.39 is 10.0 Å². The molecule has 0 aromatic heterocycles. The summed E-state index contributed by atoms with van der Waals surface area (Å²) in [5, 5.41) is 2.84. The quantitative estimate of drug-likeness (QED) is 0.796. The zero-order valence-corrected chi connectivity index (χ0v) is 13.5. The van der Waals surface area contributed by atoms with Crippen LogP contribution in [-0.2, 0) is 22.3 Å². The predicted molar refractivity (Wildman–Crippen MR) is 83.3 cm³/mol. The van der Waals surface area contributed by atoms with E-state index in [1.807, 2.05) is 26.0 Å². The van der Waals surface area contributed by atoms with Crippen molar-refractivity contribution in [1.29, 1.82) is 0 Å². The van der Waals surface area contributed by atoms with E-state index in [0.717, 1.165) is 5.56 Å². The SMILES string of the molecule is CCN(CC)C(=O)NCc1ccc(CS(=O)(=O)NC)cc1. The number of hydrogen-bond donors (Lipinski definition) is 2. The first-order valence-electron chi connectivity index (χ1n) is 6.93. The molecular weight excluding hydrogens is 290 g/mol. The number of benzene rings is 1. The fraction of sp³-hybridized carbons (Fsp3) is 0.500. The Bertz CT molecular complexity index is 551. The normalized spacial score (nSPS) is 11.2. The number of urea groups is 1. The van der Waals surface area contributed by atoms with E-state index in [4.69, 9.17) is 0 Å². The van der Waals surface area contributed by atoms with Gasteiger partial charge in [0, 0.05) is 19.6 Å². The second-order valence-corrected chi connectivity index (χ2v) is 6.54. The number of amides is 2. The average Bonchev–Trinajstić information content (AvgIpc) is 2.47. The van der Waals surface area contributed by atoms with Crippen LogP contribution in [0.25, 0.3) is 0 Å². The first-order chi connectivity index (χ1) is 9.91. The van der Waals surface area contributed by atoms with Crippen LogP contribution in [0.5, 0.6) is 0 Å². The molecule has 2 amide bonds. The zero-order chi connectivity index (χ0) is 15.9. The van der Waals surface area contributed by atoms with E-state index in [1.165, 1.54) is 7.05 Å². The summed E-state index contributed by atoms with van der Waals surface area (Å²) in [6, 6.07) is 7.06. The van der Waals surface area contributed by atoms with Crippen LogP contribution in [0, 0.1) is 0 Å². The standard InChI is InChI=1S/C14H23N3O3S/c1-4-17(5-2)14(18)16-10-12-6-8-13(9-7-12)11-21(19,20)15-3/h6-9,15H,4-5,10-11H2,1-3H3,(H,16,18). The fourth-order valence-corrected chi connectivity index (χ4v) is 2.62. The van der Waals surface area contributed by atoms with Crippen molar-refractivity contribution >= 4 is 16.1 Å². The predicted octanol–water partition coefficient (Wildman–Crippen LogP) is 1.29. The van der Waals surface area contributed by atoms with Gasteiger partial charge in [0.2, 0.25) is 10.0 Å². The Labute approximate surface area is 126 Å². The first-order valence-corrected chi connectivity index (χ1v) is 8.58. The Kier molecular flexibility index (Phi) is 6.64. The third-order valence-corrected chi connectivity index (χ3v) is 4.52. The molecule has 0 atom stereocenters. The highest BCUT2D eigenvalue weighted by molar-refractivity contribution is 7.88. The third kappa shape index (κ3) is 5.73. The summed E-state index contributed by atoms with van der Waals surface area (Å²) in [5.74, 6) is -0.0460. The number of nitrogens with zero attached hydrogens (tertiary/aromatic N) is 1. The average molecular weight is 313 g/mol. The molecule has 0 fully saturated rings. The van der Waals surface area contributed by atoms with Gasteiger partial charge in [-0.2, -0.15) is 0 Å². The maximum atomic E-state index is 11.8. The van der Waals surface area contributed by atoms with E-state index in [9.17, 15) is 13.2 Å². The minimum atomic E-state index is -3.26. The lowest BCUT2D eigenvalue weighted by Gasteiger charge is -2.19. The van der Waals surface area contributed by atoms with Gasteiger partial charge in [0.05, 0.1) is 5.75 Å². The number of carbonyl (C=O) groups excluding carboxylic acids is 1. The largest absolute Gasteiger partial charge is 0.334 e. The molecule has 0 aliphatic carbocycles. The molecule has 1 rings (SSSR count). The van der Waals surface area contributed by atoms with Gasteiger partial charge in [0.1, 0.15) is 0 Å². The Balaban J connectivity index is 2.57. The van der Waals surface area contributed by atoms with Crippen LogP contribution >= 0.6 is 0 Å². The van der Waals surface area contributed by atoms with Crippen molar-refractivity contribution in [2.24, 2.45) is 0 Å². The molecule has 0 aliphatic heterocycles. The Morgan fingerprint density at radius 1 is 1.10 bits per heavy atom. The minimum absolute atomic E-state index is 0.0460. The van der Waals surface area contributed by atoms with Crippen LogP contribution in [-0.4, -0.2) is 39.5 Å². The van der Waals surface area contributed by atoms with E-state index in [-0.39, 0.29) is 11.8 Å². The van der Waals surface area contributed by atoms with Gasteiger partial charge in [0.25, 0.3) is 0 Å². The van der Waals surface area contributed by atoms with Crippen molar-refractivity contribution in [3.8, 4) is 0 Å². The molecule has 0 bridgehead atoms. The highest BCUT2D eigenvalue weighted by Gasteiger charge is 2.10. The molecule has 1 aromatic carbocycles. The van der Waals surface area contributed by atoms with Gasteiger partial charge in [-0.1, -0.05) is 24.3 Å². The van der Waals surface area contributed by atoms with Crippen molar-refractivity contribution in [3.63, 3.8) is 0 Å². The lowest BCUT2D eigenvalue weighted by atomic mass is 10.1. The van der Waals surface area contributed by atoms with Gasteiger partial charge in [-0.15, -0.1) is 0 Å². The molecule has 0 saturated carbocycles. The van der Waals surface area contributed by atoms with Crippen LogP contribution in [0.4, 0.5) is 4.79 Å². The van der Waals surface area contributed by atoms with Gasteiger partial charge < -0.3 is 10.2 Å². The summed E-state index contributed by atoms with van der Waals surface area (Å²) in [5.41, 5.74) is 1.64. The molecule has 0 spiro atoms. The Hall–Kier alpha value is -1.60. The highest BCUT2D eigenvalue weighted by atomic mass is 32.2. The molecule has 7 heteroatoms. The van der Waals surface area contributed by atoms with Crippen LogP contribution in [0.3, 0.4) is 0 Å².